The Morgan fingerprint density at radius 1 is 0.900 bits per heavy atom. The summed E-state index contributed by atoms with van der Waals surface area (Å²) in [6.45, 7) is 6.75. The molecule has 0 fully saturated rings. The van der Waals surface area contributed by atoms with E-state index in [-0.39, 0.29) is 5.41 Å². The number of fused-ring (bicyclic) bond motifs is 1. The van der Waals surface area contributed by atoms with Gasteiger partial charge in [-0.25, -0.2) is 0 Å². The van der Waals surface area contributed by atoms with Crippen molar-refractivity contribution in [3.05, 3.63) is 71.4 Å². The van der Waals surface area contributed by atoms with Crippen LogP contribution in [0.1, 0.15) is 37.6 Å². The van der Waals surface area contributed by atoms with Gasteiger partial charge in [0.15, 0.2) is 0 Å². The Labute approximate surface area is 120 Å². The Morgan fingerprint density at radius 3 is 2.25 bits per heavy atom. The van der Waals surface area contributed by atoms with E-state index in [9.17, 15) is 0 Å². The van der Waals surface area contributed by atoms with E-state index >= 15 is 0 Å². The number of aromatic amines is 1. The van der Waals surface area contributed by atoms with E-state index in [1.54, 1.807) is 0 Å². The molecule has 102 valence electrons. The molecule has 0 atom stereocenters. The molecule has 0 unspecified atom stereocenters. The lowest BCUT2D eigenvalue weighted by Gasteiger charge is -2.19. The van der Waals surface area contributed by atoms with Gasteiger partial charge in [-0.15, -0.1) is 0 Å². The highest BCUT2D eigenvalue weighted by Crippen LogP contribution is 2.23. The van der Waals surface area contributed by atoms with Gasteiger partial charge in [0.05, 0.1) is 0 Å². The van der Waals surface area contributed by atoms with E-state index in [1.165, 1.54) is 27.7 Å². The average molecular weight is 263 g/mol. The van der Waals surface area contributed by atoms with E-state index < -0.39 is 0 Å². The number of aromatic nitrogens is 1. The third kappa shape index (κ3) is 2.62. The van der Waals surface area contributed by atoms with Crippen LogP contribution in [-0.2, 0) is 11.8 Å². The summed E-state index contributed by atoms with van der Waals surface area (Å²) in [7, 11) is 0. The van der Waals surface area contributed by atoms with Crippen molar-refractivity contribution < 1.29 is 0 Å². The average Bonchev–Trinajstić information content (AvgIpc) is 2.80. The molecule has 0 amide bonds. The Morgan fingerprint density at radius 2 is 1.60 bits per heavy atom. The molecule has 0 radical (unpaired) electrons. The number of hydrogen-bond acceptors (Lipinski definition) is 0. The van der Waals surface area contributed by atoms with E-state index in [0.29, 0.717) is 0 Å². The van der Waals surface area contributed by atoms with Crippen molar-refractivity contribution in [2.75, 3.05) is 0 Å². The number of benzene rings is 2. The van der Waals surface area contributed by atoms with Gasteiger partial charge < -0.3 is 4.98 Å². The van der Waals surface area contributed by atoms with Crippen LogP contribution in [0, 0.1) is 0 Å². The molecule has 1 aromatic heterocycles. The Kier molecular flexibility index (Phi) is 3.13. The maximum absolute atomic E-state index is 3.49. The molecule has 1 heteroatoms. The van der Waals surface area contributed by atoms with Crippen molar-refractivity contribution in [2.24, 2.45) is 0 Å². The SMILES string of the molecule is CC(C)(C)c1ccc(Cc2cc3ccccc3[nH]2)cc1. The molecule has 0 aliphatic carbocycles. The van der Waals surface area contributed by atoms with E-state index in [0.717, 1.165) is 6.42 Å². The fourth-order valence-electron chi connectivity index (χ4n) is 2.57. The molecule has 3 aromatic rings. The van der Waals surface area contributed by atoms with Crippen molar-refractivity contribution in [2.45, 2.75) is 32.6 Å². The van der Waals surface area contributed by atoms with Gasteiger partial charge in [-0.1, -0.05) is 63.2 Å². The van der Waals surface area contributed by atoms with Crippen LogP contribution in [0.4, 0.5) is 0 Å². The summed E-state index contributed by atoms with van der Waals surface area (Å²) in [5.74, 6) is 0. The van der Waals surface area contributed by atoms with Gasteiger partial charge in [-0.3, -0.25) is 0 Å². The fraction of sp³-hybridized carbons (Fsp3) is 0.263. The van der Waals surface area contributed by atoms with Crippen LogP contribution in [0.2, 0.25) is 0 Å². The first-order chi connectivity index (χ1) is 9.52. The van der Waals surface area contributed by atoms with Crippen LogP contribution < -0.4 is 0 Å². The molecule has 0 aliphatic rings. The zero-order valence-corrected chi connectivity index (χ0v) is 12.4. The third-order valence-corrected chi connectivity index (χ3v) is 3.80. The number of rotatable bonds is 2. The van der Waals surface area contributed by atoms with Crippen LogP contribution in [-0.4, -0.2) is 4.98 Å². The first-order valence-electron chi connectivity index (χ1n) is 7.18. The Bertz CT molecular complexity index is 678. The van der Waals surface area contributed by atoms with Crippen LogP contribution in [0.25, 0.3) is 10.9 Å². The molecule has 1 N–H and O–H groups in total. The molecular weight excluding hydrogens is 242 g/mol. The zero-order valence-electron chi connectivity index (χ0n) is 12.4. The topological polar surface area (TPSA) is 15.8 Å². The molecule has 0 aliphatic heterocycles. The van der Waals surface area contributed by atoms with Crippen LogP contribution in [0.5, 0.6) is 0 Å². The summed E-state index contributed by atoms with van der Waals surface area (Å²) >= 11 is 0. The van der Waals surface area contributed by atoms with Crippen molar-refractivity contribution >= 4 is 10.9 Å². The minimum Gasteiger partial charge on any atom is -0.358 e. The van der Waals surface area contributed by atoms with Crippen molar-refractivity contribution in [1.82, 2.24) is 4.98 Å². The third-order valence-electron chi connectivity index (χ3n) is 3.80. The van der Waals surface area contributed by atoms with Crippen LogP contribution >= 0.6 is 0 Å². The first-order valence-corrected chi connectivity index (χ1v) is 7.18. The lowest BCUT2D eigenvalue weighted by molar-refractivity contribution is 0.590. The number of para-hydroxylation sites is 1. The monoisotopic (exact) mass is 263 g/mol. The molecule has 1 nitrogen and oxygen atoms in total. The lowest BCUT2D eigenvalue weighted by Crippen LogP contribution is -2.10. The zero-order chi connectivity index (χ0) is 14.2. The van der Waals surface area contributed by atoms with Gasteiger partial charge in [-0.2, -0.15) is 0 Å². The van der Waals surface area contributed by atoms with Gasteiger partial charge in [-0.05, 0) is 34.1 Å². The van der Waals surface area contributed by atoms with Gasteiger partial charge in [0, 0.05) is 17.6 Å². The maximum Gasteiger partial charge on any atom is 0.0456 e. The van der Waals surface area contributed by atoms with Crippen LogP contribution in [0.3, 0.4) is 0 Å². The molecule has 2 aromatic carbocycles. The predicted octanol–water partition coefficient (Wildman–Crippen LogP) is 5.06. The van der Waals surface area contributed by atoms with Gasteiger partial charge in [0.1, 0.15) is 0 Å². The van der Waals surface area contributed by atoms with Gasteiger partial charge in [0.2, 0.25) is 0 Å². The number of hydrogen-bond donors (Lipinski definition) is 1. The normalized spacial score (nSPS) is 11.9. The molecule has 0 saturated heterocycles. The largest absolute Gasteiger partial charge is 0.358 e. The summed E-state index contributed by atoms with van der Waals surface area (Å²) < 4.78 is 0. The number of nitrogens with one attached hydrogen (secondary N) is 1. The summed E-state index contributed by atoms with van der Waals surface area (Å²) in [6.07, 6.45) is 0.957. The maximum atomic E-state index is 3.49. The first kappa shape index (κ1) is 13.0. The minimum absolute atomic E-state index is 0.222. The van der Waals surface area contributed by atoms with E-state index in [1.807, 2.05) is 0 Å². The lowest BCUT2D eigenvalue weighted by atomic mass is 9.86. The second kappa shape index (κ2) is 4.82. The Balaban J connectivity index is 1.84. The highest BCUT2D eigenvalue weighted by atomic mass is 14.7. The predicted molar refractivity (Wildman–Crippen MR) is 86.2 cm³/mol. The van der Waals surface area contributed by atoms with E-state index in [4.69, 9.17) is 0 Å². The van der Waals surface area contributed by atoms with Crippen molar-refractivity contribution in [3.8, 4) is 0 Å². The van der Waals surface area contributed by atoms with Crippen molar-refractivity contribution in [1.29, 1.82) is 0 Å². The molecule has 0 spiro atoms. The smallest absolute Gasteiger partial charge is 0.0456 e. The summed E-state index contributed by atoms with van der Waals surface area (Å²) in [5, 5.41) is 1.29. The quantitative estimate of drug-likeness (QED) is 0.665. The highest BCUT2D eigenvalue weighted by molar-refractivity contribution is 5.80. The van der Waals surface area contributed by atoms with Crippen LogP contribution in [0.15, 0.2) is 54.6 Å². The Hall–Kier alpha value is -2.02. The summed E-state index contributed by atoms with van der Waals surface area (Å²) in [6, 6.07) is 19.7. The van der Waals surface area contributed by atoms with E-state index in [2.05, 4.69) is 80.4 Å². The van der Waals surface area contributed by atoms with Gasteiger partial charge >= 0.3 is 0 Å². The summed E-state index contributed by atoms with van der Waals surface area (Å²) in [4.78, 5) is 3.49. The standard InChI is InChI=1S/C19H21N/c1-19(2,3)16-10-8-14(9-11-16)12-17-13-15-6-4-5-7-18(15)20-17/h4-11,13,20H,12H2,1-3H3. The second-order valence-corrected chi connectivity index (χ2v) is 6.51. The molecular formula is C19H21N. The number of H-pyrrole nitrogens is 1. The minimum atomic E-state index is 0.222. The summed E-state index contributed by atoms with van der Waals surface area (Å²) in [5.41, 5.74) is 5.45. The molecule has 0 saturated carbocycles. The molecule has 3 rings (SSSR count). The highest BCUT2D eigenvalue weighted by Gasteiger charge is 2.12. The molecule has 1 heterocycles. The fourth-order valence-corrected chi connectivity index (χ4v) is 2.57. The molecule has 20 heavy (non-hydrogen) atoms. The second-order valence-electron chi connectivity index (χ2n) is 6.51. The molecule has 0 bridgehead atoms. The van der Waals surface area contributed by atoms with Crippen molar-refractivity contribution in [3.63, 3.8) is 0 Å². The van der Waals surface area contributed by atoms with Gasteiger partial charge in [0.25, 0.3) is 0 Å².